The molecule has 2 aromatic carbocycles. The standard InChI is InChI=1S/C17H15F4NO/c18-14-6-4-5-13(11-14)9-10-16(23)22(12-17(19,20)21)15-7-2-1-3-8-15/h1-8,11H,9-10,12H2. The van der Waals surface area contributed by atoms with Crippen molar-refractivity contribution < 1.29 is 22.4 Å². The number of rotatable bonds is 5. The number of para-hydroxylation sites is 1. The van der Waals surface area contributed by atoms with Crippen LogP contribution in [0.25, 0.3) is 0 Å². The van der Waals surface area contributed by atoms with Gasteiger partial charge in [0, 0.05) is 12.1 Å². The quantitative estimate of drug-likeness (QED) is 0.748. The summed E-state index contributed by atoms with van der Waals surface area (Å²) < 4.78 is 51.3. The number of hydrogen-bond acceptors (Lipinski definition) is 1. The minimum Gasteiger partial charge on any atom is -0.303 e. The van der Waals surface area contributed by atoms with Crippen LogP contribution in [0.5, 0.6) is 0 Å². The number of benzene rings is 2. The van der Waals surface area contributed by atoms with Crippen molar-refractivity contribution in [3.05, 3.63) is 66.0 Å². The van der Waals surface area contributed by atoms with Crippen molar-refractivity contribution in [2.24, 2.45) is 0 Å². The van der Waals surface area contributed by atoms with Gasteiger partial charge in [-0.25, -0.2) is 4.39 Å². The summed E-state index contributed by atoms with van der Waals surface area (Å²) in [5, 5.41) is 0. The fourth-order valence-corrected chi connectivity index (χ4v) is 2.19. The van der Waals surface area contributed by atoms with Crippen molar-refractivity contribution in [1.29, 1.82) is 0 Å². The van der Waals surface area contributed by atoms with Gasteiger partial charge in [-0.3, -0.25) is 4.79 Å². The molecule has 0 atom stereocenters. The summed E-state index contributed by atoms with van der Waals surface area (Å²) in [7, 11) is 0. The number of nitrogens with zero attached hydrogens (tertiary/aromatic N) is 1. The molecule has 0 aliphatic rings. The molecule has 0 spiro atoms. The van der Waals surface area contributed by atoms with E-state index in [9.17, 15) is 22.4 Å². The van der Waals surface area contributed by atoms with E-state index < -0.39 is 24.4 Å². The fourth-order valence-electron chi connectivity index (χ4n) is 2.19. The topological polar surface area (TPSA) is 20.3 Å². The number of carbonyl (C=O) groups excluding carboxylic acids is 1. The van der Waals surface area contributed by atoms with E-state index in [4.69, 9.17) is 0 Å². The molecule has 0 aliphatic carbocycles. The van der Waals surface area contributed by atoms with Gasteiger partial charge >= 0.3 is 6.18 Å². The summed E-state index contributed by atoms with van der Waals surface area (Å²) >= 11 is 0. The van der Waals surface area contributed by atoms with E-state index in [0.717, 1.165) is 0 Å². The van der Waals surface area contributed by atoms with Crippen molar-refractivity contribution in [3.63, 3.8) is 0 Å². The van der Waals surface area contributed by atoms with Crippen LogP contribution in [0.3, 0.4) is 0 Å². The maximum Gasteiger partial charge on any atom is 0.406 e. The first-order chi connectivity index (χ1) is 10.8. The predicted molar refractivity (Wildman–Crippen MR) is 79.6 cm³/mol. The molecule has 1 amide bonds. The van der Waals surface area contributed by atoms with Crippen LogP contribution in [-0.4, -0.2) is 18.6 Å². The van der Waals surface area contributed by atoms with Gasteiger partial charge in [0.1, 0.15) is 12.4 Å². The Hall–Kier alpha value is -2.37. The molecule has 2 nitrogen and oxygen atoms in total. The Morgan fingerprint density at radius 2 is 1.70 bits per heavy atom. The van der Waals surface area contributed by atoms with Crippen molar-refractivity contribution in [3.8, 4) is 0 Å². The van der Waals surface area contributed by atoms with Gasteiger partial charge in [-0.05, 0) is 36.2 Å². The smallest absolute Gasteiger partial charge is 0.303 e. The normalized spacial score (nSPS) is 11.3. The summed E-state index contributed by atoms with van der Waals surface area (Å²) in [5.41, 5.74) is 0.757. The summed E-state index contributed by atoms with van der Waals surface area (Å²) in [6.07, 6.45) is -4.45. The molecule has 0 N–H and O–H groups in total. The van der Waals surface area contributed by atoms with Crippen molar-refractivity contribution in [2.45, 2.75) is 19.0 Å². The van der Waals surface area contributed by atoms with Crippen LogP contribution in [0.2, 0.25) is 0 Å². The summed E-state index contributed by atoms with van der Waals surface area (Å²) in [5.74, 6) is -1.09. The van der Waals surface area contributed by atoms with Crippen LogP contribution in [0.4, 0.5) is 23.2 Å². The molecule has 0 aliphatic heterocycles. The Morgan fingerprint density at radius 1 is 1.00 bits per heavy atom. The third-order valence-electron chi connectivity index (χ3n) is 3.22. The molecule has 0 saturated carbocycles. The number of alkyl halides is 3. The first-order valence-electron chi connectivity index (χ1n) is 7.02. The maximum atomic E-state index is 13.1. The number of amides is 1. The second-order valence-corrected chi connectivity index (χ2v) is 5.06. The predicted octanol–water partition coefficient (Wildman–Crippen LogP) is 4.35. The Labute approximate surface area is 131 Å². The molecular weight excluding hydrogens is 310 g/mol. The zero-order valence-electron chi connectivity index (χ0n) is 12.2. The molecule has 0 bridgehead atoms. The lowest BCUT2D eigenvalue weighted by atomic mass is 10.1. The Morgan fingerprint density at radius 3 is 2.30 bits per heavy atom. The van der Waals surface area contributed by atoms with Gasteiger partial charge in [-0.2, -0.15) is 13.2 Å². The average molecular weight is 325 g/mol. The molecule has 0 unspecified atom stereocenters. The number of anilines is 1. The Bertz CT molecular complexity index is 655. The van der Waals surface area contributed by atoms with Crippen molar-refractivity contribution >= 4 is 11.6 Å². The second kappa shape index (κ2) is 7.26. The largest absolute Gasteiger partial charge is 0.406 e. The van der Waals surface area contributed by atoms with E-state index >= 15 is 0 Å². The van der Waals surface area contributed by atoms with Crippen LogP contribution >= 0.6 is 0 Å². The summed E-state index contributed by atoms with van der Waals surface area (Å²) in [4.78, 5) is 12.9. The highest BCUT2D eigenvalue weighted by molar-refractivity contribution is 5.93. The van der Waals surface area contributed by atoms with Gasteiger partial charge in [0.15, 0.2) is 0 Å². The van der Waals surface area contributed by atoms with E-state index in [1.807, 2.05) is 0 Å². The first-order valence-corrected chi connectivity index (χ1v) is 7.02. The molecule has 6 heteroatoms. The molecule has 23 heavy (non-hydrogen) atoms. The Kier molecular flexibility index (Phi) is 5.36. The summed E-state index contributed by atoms with van der Waals surface area (Å²) in [6.45, 7) is -1.35. The zero-order valence-corrected chi connectivity index (χ0v) is 12.2. The number of carbonyl (C=O) groups is 1. The number of halogens is 4. The van der Waals surface area contributed by atoms with Gasteiger partial charge < -0.3 is 4.90 Å². The lowest BCUT2D eigenvalue weighted by molar-refractivity contribution is -0.132. The third kappa shape index (κ3) is 5.39. The van der Waals surface area contributed by atoms with Gasteiger partial charge in [0.25, 0.3) is 0 Å². The minimum atomic E-state index is -4.50. The molecule has 0 radical (unpaired) electrons. The van der Waals surface area contributed by atoms with E-state index in [1.54, 1.807) is 24.3 Å². The molecule has 122 valence electrons. The zero-order chi connectivity index (χ0) is 16.9. The molecule has 0 aromatic heterocycles. The highest BCUT2D eigenvalue weighted by Crippen LogP contribution is 2.23. The van der Waals surface area contributed by atoms with Crippen LogP contribution in [0.15, 0.2) is 54.6 Å². The van der Waals surface area contributed by atoms with Crippen LogP contribution in [0, 0.1) is 5.82 Å². The van der Waals surface area contributed by atoms with Crippen molar-refractivity contribution in [1.82, 2.24) is 0 Å². The highest BCUT2D eigenvalue weighted by Gasteiger charge is 2.33. The van der Waals surface area contributed by atoms with Crippen LogP contribution in [-0.2, 0) is 11.2 Å². The molecule has 0 fully saturated rings. The van der Waals surface area contributed by atoms with E-state index in [0.29, 0.717) is 10.5 Å². The van der Waals surface area contributed by atoms with E-state index in [2.05, 4.69) is 0 Å². The fraction of sp³-hybridized carbons (Fsp3) is 0.235. The first kappa shape index (κ1) is 17.0. The third-order valence-corrected chi connectivity index (χ3v) is 3.22. The molecule has 0 saturated heterocycles. The molecular formula is C17H15F4NO. The number of aryl methyl sites for hydroxylation is 1. The molecule has 0 heterocycles. The van der Waals surface area contributed by atoms with Gasteiger partial charge in [-0.15, -0.1) is 0 Å². The van der Waals surface area contributed by atoms with E-state index in [-0.39, 0.29) is 18.5 Å². The summed E-state index contributed by atoms with van der Waals surface area (Å²) in [6, 6.07) is 13.4. The highest BCUT2D eigenvalue weighted by atomic mass is 19.4. The van der Waals surface area contributed by atoms with E-state index in [1.165, 1.54) is 30.3 Å². The van der Waals surface area contributed by atoms with Gasteiger partial charge in [0.05, 0.1) is 0 Å². The van der Waals surface area contributed by atoms with Crippen molar-refractivity contribution in [2.75, 3.05) is 11.4 Å². The van der Waals surface area contributed by atoms with Crippen LogP contribution in [0.1, 0.15) is 12.0 Å². The molecule has 2 rings (SSSR count). The Balaban J connectivity index is 2.10. The van der Waals surface area contributed by atoms with Gasteiger partial charge in [0.2, 0.25) is 5.91 Å². The SMILES string of the molecule is O=C(CCc1cccc(F)c1)N(CC(F)(F)F)c1ccccc1. The second-order valence-electron chi connectivity index (χ2n) is 5.06. The lowest BCUT2D eigenvalue weighted by Crippen LogP contribution is -2.39. The molecule has 2 aromatic rings. The minimum absolute atomic E-state index is 0.131. The average Bonchev–Trinajstić information content (AvgIpc) is 2.50. The van der Waals surface area contributed by atoms with Gasteiger partial charge in [-0.1, -0.05) is 30.3 Å². The lowest BCUT2D eigenvalue weighted by Gasteiger charge is -2.24. The number of hydrogen-bond donors (Lipinski definition) is 0. The maximum absolute atomic E-state index is 13.1. The monoisotopic (exact) mass is 325 g/mol. The van der Waals surface area contributed by atoms with Crippen LogP contribution < -0.4 is 4.90 Å².